The molecule has 4 rings (SSSR count). The van der Waals surface area contributed by atoms with Gasteiger partial charge in [0.2, 0.25) is 0 Å². The minimum absolute atomic E-state index is 0.227. The van der Waals surface area contributed by atoms with Gasteiger partial charge in [-0.3, -0.25) is 14.2 Å². The Morgan fingerprint density at radius 3 is 2.70 bits per heavy atom. The van der Waals surface area contributed by atoms with Crippen LogP contribution in [-0.2, 0) is 29.4 Å². The van der Waals surface area contributed by atoms with Crippen LogP contribution in [0.4, 0.5) is 5.69 Å². The molecule has 1 heterocycles. The summed E-state index contributed by atoms with van der Waals surface area (Å²) in [4.78, 5) is 30.0. The minimum Gasteiger partial charge on any atom is -0.497 e. The van der Waals surface area contributed by atoms with E-state index in [4.69, 9.17) is 26.1 Å². The molecule has 7 nitrogen and oxygen atoms in total. The van der Waals surface area contributed by atoms with Gasteiger partial charge in [0.25, 0.3) is 5.56 Å². The molecule has 0 saturated carbocycles. The Labute approximate surface area is 197 Å². The number of nitrogens with one attached hydrogen (secondary N) is 1. The molecule has 33 heavy (non-hydrogen) atoms. The lowest BCUT2D eigenvalue weighted by molar-refractivity contribution is -0.146. The van der Waals surface area contributed by atoms with Crippen LogP contribution in [0.1, 0.15) is 36.7 Å². The summed E-state index contributed by atoms with van der Waals surface area (Å²) in [5.74, 6) is 0.739. The molecule has 8 heteroatoms. The summed E-state index contributed by atoms with van der Waals surface area (Å²) < 4.78 is 12.3. The lowest BCUT2D eigenvalue weighted by atomic mass is 10.1. The van der Waals surface area contributed by atoms with Gasteiger partial charge in [0.05, 0.1) is 23.9 Å². The summed E-state index contributed by atoms with van der Waals surface area (Å²) in [5, 5.41) is 3.81. The van der Waals surface area contributed by atoms with Crippen LogP contribution in [0.3, 0.4) is 0 Å². The number of aryl methyl sites for hydroxylation is 1. The highest BCUT2D eigenvalue weighted by atomic mass is 35.5. The molecule has 1 aromatic heterocycles. The number of carbonyl (C=O) groups is 1. The second-order valence-electron chi connectivity index (χ2n) is 7.99. The quantitative estimate of drug-likeness (QED) is 0.544. The Morgan fingerprint density at radius 1 is 1.27 bits per heavy atom. The van der Waals surface area contributed by atoms with Gasteiger partial charge in [-0.2, -0.15) is 0 Å². The maximum atomic E-state index is 13.5. The van der Waals surface area contributed by atoms with Crippen molar-refractivity contribution >= 4 is 23.3 Å². The molecule has 1 aliphatic rings. The summed E-state index contributed by atoms with van der Waals surface area (Å²) in [6.45, 7) is 3.34. The average molecular weight is 468 g/mol. The number of fused-ring (bicyclic) bond motifs is 1. The van der Waals surface area contributed by atoms with Crippen LogP contribution in [0.25, 0.3) is 11.4 Å². The molecule has 0 amide bonds. The molecule has 0 radical (unpaired) electrons. The summed E-state index contributed by atoms with van der Waals surface area (Å²) in [5.41, 5.74) is 3.52. The standard InChI is InChI=1S/C25H26ClN3O4/c1-5-20-23(28-22-17-9-7-6-8-15(17)12-21(22)33-14(2)30)25(31)29(3)24(27-20)18-11-10-16(32-4)13-19(18)26/h6-11,13,21-22,28H,5,12H2,1-4H3/t21-,22-/m0/s1. The maximum absolute atomic E-state index is 13.5. The number of anilines is 1. The van der Waals surface area contributed by atoms with Gasteiger partial charge in [-0.15, -0.1) is 0 Å². The van der Waals surface area contributed by atoms with Crippen molar-refractivity contribution < 1.29 is 14.3 Å². The first-order valence-electron chi connectivity index (χ1n) is 10.8. The SMILES string of the molecule is CCc1nc(-c2ccc(OC)cc2Cl)n(C)c(=O)c1N[C@H]1c2ccccc2C[C@@H]1OC(C)=O. The molecule has 0 aliphatic heterocycles. The largest absolute Gasteiger partial charge is 0.497 e. The highest BCUT2D eigenvalue weighted by Gasteiger charge is 2.35. The van der Waals surface area contributed by atoms with Crippen LogP contribution in [0.15, 0.2) is 47.3 Å². The van der Waals surface area contributed by atoms with Crippen LogP contribution >= 0.6 is 11.6 Å². The molecule has 0 unspecified atom stereocenters. The van der Waals surface area contributed by atoms with E-state index in [0.29, 0.717) is 46.4 Å². The number of ether oxygens (including phenoxy) is 2. The van der Waals surface area contributed by atoms with Crippen LogP contribution in [0.5, 0.6) is 5.75 Å². The fourth-order valence-corrected chi connectivity index (χ4v) is 4.55. The zero-order chi connectivity index (χ0) is 23.7. The molecule has 0 saturated heterocycles. The van der Waals surface area contributed by atoms with E-state index >= 15 is 0 Å². The van der Waals surface area contributed by atoms with Gasteiger partial charge in [0.15, 0.2) is 0 Å². The fourth-order valence-electron chi connectivity index (χ4n) is 4.30. The number of halogens is 1. The zero-order valence-corrected chi connectivity index (χ0v) is 19.8. The van der Waals surface area contributed by atoms with E-state index in [0.717, 1.165) is 11.1 Å². The lowest BCUT2D eigenvalue weighted by Crippen LogP contribution is -2.32. The number of carbonyl (C=O) groups excluding carboxylic acids is 1. The molecular formula is C25H26ClN3O4. The van der Waals surface area contributed by atoms with Crippen molar-refractivity contribution in [2.45, 2.75) is 38.8 Å². The van der Waals surface area contributed by atoms with Crippen molar-refractivity contribution in [2.75, 3.05) is 12.4 Å². The van der Waals surface area contributed by atoms with E-state index in [1.54, 1.807) is 32.4 Å². The van der Waals surface area contributed by atoms with E-state index in [9.17, 15) is 9.59 Å². The number of hydrogen-bond acceptors (Lipinski definition) is 6. The van der Waals surface area contributed by atoms with Gasteiger partial charge in [0.1, 0.15) is 23.4 Å². The van der Waals surface area contributed by atoms with Crippen molar-refractivity contribution in [1.82, 2.24) is 9.55 Å². The number of nitrogens with zero attached hydrogens (tertiary/aromatic N) is 2. The van der Waals surface area contributed by atoms with Crippen molar-refractivity contribution in [3.63, 3.8) is 0 Å². The summed E-state index contributed by atoms with van der Waals surface area (Å²) in [7, 11) is 3.24. The highest BCUT2D eigenvalue weighted by Crippen LogP contribution is 2.36. The molecule has 0 fully saturated rings. The number of esters is 1. The predicted octanol–water partition coefficient (Wildman–Crippen LogP) is 4.31. The van der Waals surface area contributed by atoms with Gasteiger partial charge in [-0.05, 0) is 35.7 Å². The smallest absolute Gasteiger partial charge is 0.302 e. The Kier molecular flexibility index (Phi) is 6.42. The van der Waals surface area contributed by atoms with E-state index < -0.39 is 6.10 Å². The topological polar surface area (TPSA) is 82.5 Å². The Hall–Kier alpha value is -3.32. The summed E-state index contributed by atoms with van der Waals surface area (Å²) in [6.07, 6.45) is 0.707. The van der Waals surface area contributed by atoms with Crippen molar-refractivity contribution in [3.05, 3.63) is 74.7 Å². The van der Waals surface area contributed by atoms with Crippen LogP contribution in [0, 0.1) is 0 Å². The van der Waals surface area contributed by atoms with Crippen molar-refractivity contribution in [1.29, 1.82) is 0 Å². The maximum Gasteiger partial charge on any atom is 0.302 e. The van der Waals surface area contributed by atoms with E-state index in [1.165, 1.54) is 11.5 Å². The molecule has 2 atom stereocenters. The number of benzene rings is 2. The van der Waals surface area contributed by atoms with E-state index in [2.05, 4.69) is 5.32 Å². The zero-order valence-electron chi connectivity index (χ0n) is 19.0. The summed E-state index contributed by atoms with van der Waals surface area (Å²) >= 11 is 6.46. The van der Waals surface area contributed by atoms with Crippen molar-refractivity contribution in [3.8, 4) is 17.1 Å². The predicted molar refractivity (Wildman–Crippen MR) is 128 cm³/mol. The summed E-state index contributed by atoms with van der Waals surface area (Å²) in [6, 6.07) is 12.8. The normalized spacial score (nSPS) is 16.9. The first kappa shape index (κ1) is 22.9. The van der Waals surface area contributed by atoms with Gasteiger partial charge >= 0.3 is 5.97 Å². The Morgan fingerprint density at radius 2 is 2.03 bits per heavy atom. The van der Waals surface area contributed by atoms with Crippen LogP contribution in [0.2, 0.25) is 5.02 Å². The fraction of sp³-hybridized carbons (Fsp3) is 0.320. The van der Waals surface area contributed by atoms with Crippen LogP contribution in [-0.4, -0.2) is 28.7 Å². The van der Waals surface area contributed by atoms with Gasteiger partial charge < -0.3 is 14.8 Å². The third-order valence-electron chi connectivity index (χ3n) is 5.92. The Bertz CT molecular complexity index is 1270. The van der Waals surface area contributed by atoms with E-state index in [-0.39, 0.29) is 17.6 Å². The Balaban J connectivity index is 1.78. The second-order valence-corrected chi connectivity index (χ2v) is 8.40. The number of rotatable bonds is 6. The molecule has 2 aromatic carbocycles. The molecule has 1 aliphatic carbocycles. The third-order valence-corrected chi connectivity index (χ3v) is 6.23. The lowest BCUT2D eigenvalue weighted by Gasteiger charge is -2.24. The molecule has 0 bridgehead atoms. The van der Waals surface area contributed by atoms with Crippen LogP contribution < -0.4 is 15.6 Å². The molecule has 1 N–H and O–H groups in total. The molecule has 0 spiro atoms. The first-order valence-corrected chi connectivity index (χ1v) is 11.2. The number of aromatic nitrogens is 2. The first-order chi connectivity index (χ1) is 15.8. The highest BCUT2D eigenvalue weighted by molar-refractivity contribution is 6.33. The molecule has 3 aromatic rings. The van der Waals surface area contributed by atoms with Gasteiger partial charge in [-0.1, -0.05) is 42.8 Å². The third kappa shape index (κ3) is 4.33. The van der Waals surface area contributed by atoms with Crippen molar-refractivity contribution in [2.24, 2.45) is 7.05 Å². The second kappa shape index (κ2) is 9.27. The van der Waals surface area contributed by atoms with Gasteiger partial charge in [0, 0.05) is 26.0 Å². The minimum atomic E-state index is -0.412. The molecular weight excluding hydrogens is 442 g/mol. The number of hydrogen-bond donors (Lipinski definition) is 1. The van der Waals surface area contributed by atoms with E-state index in [1.807, 2.05) is 31.2 Å². The monoisotopic (exact) mass is 467 g/mol. The average Bonchev–Trinajstić information content (AvgIpc) is 3.13. The van der Waals surface area contributed by atoms with Gasteiger partial charge in [-0.25, -0.2) is 4.98 Å². The molecule has 172 valence electrons. The number of methoxy groups -OCH3 is 1.